The minimum atomic E-state index is -0.0945. The molecule has 0 bridgehead atoms. The number of aryl methyl sites for hydroxylation is 1. The molecule has 2 heterocycles. The molecule has 2 aromatic rings. The van der Waals surface area contributed by atoms with Crippen molar-refractivity contribution in [3.05, 3.63) is 59.9 Å². The van der Waals surface area contributed by atoms with Crippen LogP contribution in [-0.4, -0.2) is 48.2 Å². The van der Waals surface area contributed by atoms with Crippen molar-refractivity contribution in [2.45, 2.75) is 25.4 Å². The van der Waals surface area contributed by atoms with Crippen molar-refractivity contribution in [1.29, 1.82) is 0 Å². The van der Waals surface area contributed by atoms with Gasteiger partial charge in [0.2, 0.25) is 5.91 Å². The minimum Gasteiger partial charge on any atom is -0.489 e. The number of hydrogen-bond donors (Lipinski definition) is 0. The van der Waals surface area contributed by atoms with E-state index in [9.17, 15) is 4.79 Å². The first kappa shape index (κ1) is 17.0. The van der Waals surface area contributed by atoms with Crippen LogP contribution in [0.3, 0.4) is 0 Å². The van der Waals surface area contributed by atoms with Crippen LogP contribution in [0.25, 0.3) is 0 Å². The van der Waals surface area contributed by atoms with Gasteiger partial charge in [-0.05, 0) is 37.0 Å². The molecule has 1 amide bonds. The van der Waals surface area contributed by atoms with Crippen molar-refractivity contribution >= 4 is 5.91 Å². The molecular weight excluding hydrogens is 328 g/mol. The lowest BCUT2D eigenvalue weighted by Crippen LogP contribution is -2.48. The largest absolute Gasteiger partial charge is 0.489 e. The molecule has 0 N–H and O–H groups in total. The topological polar surface area (TPSA) is 51.7 Å². The predicted molar refractivity (Wildman–Crippen MR) is 98.1 cm³/mol. The van der Waals surface area contributed by atoms with E-state index in [1.165, 1.54) is 5.56 Å². The second kappa shape index (κ2) is 7.46. The monoisotopic (exact) mass is 352 g/mol. The third kappa shape index (κ3) is 3.88. The number of carbonyl (C=O) groups excluding carboxylic acids is 1. The summed E-state index contributed by atoms with van der Waals surface area (Å²) in [5.74, 6) is 1.48. The van der Waals surface area contributed by atoms with Crippen LogP contribution in [0.2, 0.25) is 0 Å². The van der Waals surface area contributed by atoms with Crippen molar-refractivity contribution in [1.82, 2.24) is 9.88 Å². The smallest absolute Gasteiger partial charge is 0.226 e. The fourth-order valence-electron chi connectivity index (χ4n) is 3.52. The Kier molecular flexibility index (Phi) is 4.89. The molecule has 0 spiro atoms. The molecule has 1 unspecified atom stereocenters. The van der Waals surface area contributed by atoms with Crippen LogP contribution < -0.4 is 4.74 Å². The summed E-state index contributed by atoms with van der Waals surface area (Å²) in [5, 5.41) is 0. The van der Waals surface area contributed by atoms with Crippen LogP contribution in [-0.2, 0) is 9.53 Å². The van der Waals surface area contributed by atoms with Crippen molar-refractivity contribution < 1.29 is 14.3 Å². The fraction of sp³-hybridized carbons (Fsp3) is 0.429. The first-order valence-electron chi connectivity index (χ1n) is 9.21. The summed E-state index contributed by atoms with van der Waals surface area (Å²) in [6.07, 6.45) is 2.58. The number of hydrogen-bond acceptors (Lipinski definition) is 4. The number of morpholine rings is 1. The van der Waals surface area contributed by atoms with E-state index in [1.807, 2.05) is 42.2 Å². The lowest BCUT2D eigenvalue weighted by Gasteiger charge is -2.33. The van der Waals surface area contributed by atoms with E-state index in [0.717, 1.165) is 17.9 Å². The molecule has 136 valence electrons. The maximum Gasteiger partial charge on any atom is 0.226 e. The van der Waals surface area contributed by atoms with Gasteiger partial charge < -0.3 is 14.4 Å². The van der Waals surface area contributed by atoms with Crippen molar-refractivity contribution in [3.63, 3.8) is 0 Å². The summed E-state index contributed by atoms with van der Waals surface area (Å²) >= 11 is 0. The second-order valence-corrected chi connectivity index (χ2v) is 7.08. The summed E-state index contributed by atoms with van der Waals surface area (Å²) in [5.41, 5.74) is 2.23. The maximum atomic E-state index is 12.8. The van der Waals surface area contributed by atoms with Crippen molar-refractivity contribution in [2.75, 3.05) is 26.3 Å². The maximum absolute atomic E-state index is 12.8. The molecule has 26 heavy (non-hydrogen) atoms. The Morgan fingerprint density at radius 1 is 1.27 bits per heavy atom. The number of nitrogens with zero attached hydrogens (tertiary/aromatic N) is 2. The molecule has 4 rings (SSSR count). The van der Waals surface area contributed by atoms with E-state index in [0.29, 0.717) is 32.2 Å². The van der Waals surface area contributed by atoms with Crippen LogP contribution in [0, 0.1) is 12.8 Å². The lowest BCUT2D eigenvalue weighted by molar-refractivity contribution is -0.141. The number of amides is 1. The molecule has 1 saturated carbocycles. The van der Waals surface area contributed by atoms with E-state index in [-0.39, 0.29) is 17.9 Å². The second-order valence-electron chi connectivity index (χ2n) is 7.08. The van der Waals surface area contributed by atoms with Gasteiger partial charge in [0.05, 0.1) is 19.3 Å². The summed E-state index contributed by atoms with van der Waals surface area (Å²) < 4.78 is 11.5. The Morgan fingerprint density at radius 2 is 2.12 bits per heavy atom. The highest BCUT2D eigenvalue weighted by Gasteiger charge is 2.46. The lowest BCUT2D eigenvalue weighted by atomic mass is 10.1. The summed E-state index contributed by atoms with van der Waals surface area (Å²) in [7, 11) is 0. The minimum absolute atomic E-state index is 0.0945. The van der Waals surface area contributed by atoms with Gasteiger partial charge in [-0.3, -0.25) is 9.78 Å². The molecule has 1 aliphatic carbocycles. The quantitative estimate of drug-likeness (QED) is 0.830. The third-order valence-electron chi connectivity index (χ3n) is 5.11. The van der Waals surface area contributed by atoms with Crippen LogP contribution in [0.4, 0.5) is 0 Å². The van der Waals surface area contributed by atoms with Gasteiger partial charge in [-0.1, -0.05) is 30.3 Å². The van der Waals surface area contributed by atoms with Gasteiger partial charge >= 0.3 is 0 Å². The van der Waals surface area contributed by atoms with Crippen LogP contribution in [0.15, 0.2) is 48.7 Å². The number of pyridine rings is 1. The molecule has 2 aliphatic rings. The van der Waals surface area contributed by atoms with Gasteiger partial charge in [-0.15, -0.1) is 0 Å². The summed E-state index contributed by atoms with van der Waals surface area (Å²) in [4.78, 5) is 19.0. The van der Waals surface area contributed by atoms with Gasteiger partial charge in [0, 0.05) is 18.2 Å². The standard InChI is InChI=1S/C21H24N2O3/c1-15-7-8-17(12-22-15)26-14-18-13-23(9-10-25-18)21(24)20-11-19(20)16-5-3-2-4-6-16/h2-8,12,18-20H,9-11,13-14H2,1H3/t18?,19-,20+/m1/s1. The average molecular weight is 352 g/mol. The molecule has 0 radical (unpaired) electrons. The van der Waals surface area contributed by atoms with Gasteiger partial charge in [0.15, 0.2) is 0 Å². The van der Waals surface area contributed by atoms with Gasteiger partial charge in [0.25, 0.3) is 0 Å². The van der Waals surface area contributed by atoms with E-state index in [1.54, 1.807) is 6.20 Å². The van der Waals surface area contributed by atoms with E-state index in [2.05, 4.69) is 17.1 Å². The Bertz CT molecular complexity index is 748. The molecule has 5 heteroatoms. The Morgan fingerprint density at radius 3 is 2.88 bits per heavy atom. The Hall–Kier alpha value is -2.40. The molecule has 1 aromatic carbocycles. The zero-order valence-corrected chi connectivity index (χ0v) is 15.0. The predicted octanol–water partition coefficient (Wildman–Crippen LogP) is 2.80. The number of aromatic nitrogens is 1. The van der Waals surface area contributed by atoms with E-state index >= 15 is 0 Å². The zero-order valence-electron chi connectivity index (χ0n) is 15.0. The Balaban J connectivity index is 1.29. The number of ether oxygens (including phenoxy) is 2. The van der Waals surface area contributed by atoms with Crippen molar-refractivity contribution in [2.24, 2.45) is 5.92 Å². The molecule has 2 fully saturated rings. The summed E-state index contributed by atoms with van der Waals surface area (Å²) in [6.45, 7) is 4.20. The number of carbonyl (C=O) groups is 1. The highest BCUT2D eigenvalue weighted by Crippen LogP contribution is 2.48. The van der Waals surface area contributed by atoms with Crippen LogP contribution in [0.5, 0.6) is 5.75 Å². The van der Waals surface area contributed by atoms with Gasteiger partial charge in [-0.25, -0.2) is 0 Å². The molecule has 1 saturated heterocycles. The van der Waals surface area contributed by atoms with Crippen molar-refractivity contribution in [3.8, 4) is 5.75 Å². The average Bonchev–Trinajstić information content (AvgIpc) is 3.49. The van der Waals surface area contributed by atoms with Gasteiger partial charge in [-0.2, -0.15) is 0 Å². The highest BCUT2D eigenvalue weighted by molar-refractivity contribution is 5.83. The molecule has 5 nitrogen and oxygen atoms in total. The van der Waals surface area contributed by atoms with Crippen LogP contribution >= 0.6 is 0 Å². The Labute approximate surface area is 153 Å². The van der Waals surface area contributed by atoms with Crippen LogP contribution in [0.1, 0.15) is 23.6 Å². The van der Waals surface area contributed by atoms with Gasteiger partial charge in [0.1, 0.15) is 18.5 Å². The number of rotatable bonds is 5. The first-order chi connectivity index (χ1) is 12.7. The highest BCUT2D eigenvalue weighted by atomic mass is 16.5. The number of benzene rings is 1. The molecular formula is C21H24N2O3. The third-order valence-corrected chi connectivity index (χ3v) is 5.11. The molecule has 3 atom stereocenters. The zero-order chi connectivity index (χ0) is 17.9. The first-order valence-corrected chi connectivity index (χ1v) is 9.21. The van der Waals surface area contributed by atoms with E-state index in [4.69, 9.17) is 9.47 Å². The molecule has 1 aromatic heterocycles. The summed E-state index contributed by atoms with van der Waals surface area (Å²) in [6, 6.07) is 14.1. The molecule has 1 aliphatic heterocycles. The SMILES string of the molecule is Cc1ccc(OCC2CN(C(=O)[C@H]3C[C@@H]3c3ccccc3)CCO2)cn1. The van der Waals surface area contributed by atoms with E-state index < -0.39 is 0 Å². The normalized spacial score (nSPS) is 25.0. The fourth-order valence-corrected chi connectivity index (χ4v) is 3.52.